The molecule has 0 fully saturated rings. The highest BCUT2D eigenvalue weighted by Crippen LogP contribution is 1.93. The van der Waals surface area contributed by atoms with E-state index in [2.05, 4.69) is 21.8 Å². The molecular weight excluding hydrogens is 154 g/mol. The molecule has 0 aliphatic rings. The molecule has 1 aromatic rings. The lowest BCUT2D eigenvalue weighted by atomic mass is 10.3. The number of carbonyl (C=O) groups excluding carboxylic acids is 1. The molecule has 1 heterocycles. The zero-order valence-corrected chi connectivity index (χ0v) is 6.32. The molecule has 0 spiro atoms. The summed E-state index contributed by atoms with van der Waals surface area (Å²) in [7, 11) is 0. The Morgan fingerprint density at radius 2 is 2.17 bits per heavy atom. The van der Waals surface area contributed by atoms with Gasteiger partial charge in [0, 0.05) is 12.4 Å². The number of hydrogen-bond acceptors (Lipinski definition) is 4. The van der Waals surface area contributed by atoms with E-state index in [1.807, 2.05) is 0 Å². The summed E-state index contributed by atoms with van der Waals surface area (Å²) in [5, 5.41) is 0. The maximum atomic E-state index is 9.90. The summed E-state index contributed by atoms with van der Waals surface area (Å²) in [6, 6.07) is 0. The van der Waals surface area contributed by atoms with Crippen LogP contribution >= 0.6 is 0 Å². The Bertz CT molecular complexity index is 320. The number of hydrogen-bond donors (Lipinski definition) is 1. The predicted molar refractivity (Wildman–Crippen MR) is 44.0 cm³/mol. The van der Waals surface area contributed by atoms with Gasteiger partial charge in [0.2, 0.25) is 5.95 Å². The normalized spacial score (nSPS) is 8.33. The van der Waals surface area contributed by atoms with Crippen molar-refractivity contribution in [1.29, 1.82) is 0 Å². The van der Waals surface area contributed by atoms with E-state index in [0.717, 1.165) is 6.29 Å². The summed E-state index contributed by atoms with van der Waals surface area (Å²) in [4.78, 5) is 17.4. The van der Waals surface area contributed by atoms with Gasteiger partial charge in [0.1, 0.15) is 6.29 Å². The lowest BCUT2D eigenvalue weighted by Gasteiger charge is -1.88. The van der Waals surface area contributed by atoms with Crippen molar-refractivity contribution in [3.8, 4) is 11.8 Å². The van der Waals surface area contributed by atoms with Crippen LogP contribution in [0, 0.1) is 11.8 Å². The molecule has 4 nitrogen and oxygen atoms in total. The Hall–Kier alpha value is -1.89. The third-order valence-electron chi connectivity index (χ3n) is 1.09. The summed E-state index contributed by atoms with van der Waals surface area (Å²) in [6.07, 6.45) is 4.00. The molecule has 0 amide bonds. The van der Waals surface area contributed by atoms with Crippen molar-refractivity contribution in [2.24, 2.45) is 0 Å². The lowest BCUT2D eigenvalue weighted by molar-refractivity contribution is -0.107. The lowest BCUT2D eigenvalue weighted by Crippen LogP contribution is -1.93. The minimum Gasteiger partial charge on any atom is -0.368 e. The van der Waals surface area contributed by atoms with Crippen LogP contribution < -0.4 is 5.73 Å². The van der Waals surface area contributed by atoms with Crippen molar-refractivity contribution >= 4 is 12.2 Å². The number of aromatic nitrogens is 2. The van der Waals surface area contributed by atoms with Crippen molar-refractivity contribution in [2.75, 3.05) is 5.73 Å². The van der Waals surface area contributed by atoms with Crippen molar-refractivity contribution < 1.29 is 4.79 Å². The smallest absolute Gasteiger partial charge is 0.219 e. The number of aldehydes is 1. The minimum atomic E-state index is 0.218. The van der Waals surface area contributed by atoms with Gasteiger partial charge in [-0.25, -0.2) is 9.97 Å². The molecule has 2 N–H and O–H groups in total. The van der Waals surface area contributed by atoms with Crippen LogP contribution in [0.15, 0.2) is 12.4 Å². The van der Waals surface area contributed by atoms with E-state index in [-0.39, 0.29) is 12.4 Å². The molecule has 0 atom stereocenters. The number of nitrogen functional groups attached to an aromatic ring is 1. The third-order valence-corrected chi connectivity index (χ3v) is 1.09. The molecule has 0 saturated heterocycles. The van der Waals surface area contributed by atoms with Crippen LogP contribution in [0.5, 0.6) is 0 Å². The average Bonchev–Trinajstić information content (AvgIpc) is 2.09. The fourth-order valence-corrected chi connectivity index (χ4v) is 0.597. The molecule has 0 saturated carbocycles. The number of nitrogens with zero attached hydrogens (tertiary/aromatic N) is 2. The van der Waals surface area contributed by atoms with Gasteiger partial charge in [0.15, 0.2) is 0 Å². The predicted octanol–water partition coefficient (Wildman–Crippen LogP) is -0.000700. The molecule has 60 valence electrons. The van der Waals surface area contributed by atoms with Gasteiger partial charge in [0.25, 0.3) is 0 Å². The number of nitrogens with two attached hydrogens (primary N) is 1. The van der Waals surface area contributed by atoms with E-state index in [1.165, 1.54) is 12.4 Å². The second kappa shape index (κ2) is 4.09. The highest BCUT2D eigenvalue weighted by Gasteiger charge is 1.87. The van der Waals surface area contributed by atoms with E-state index < -0.39 is 0 Å². The second-order valence-corrected chi connectivity index (χ2v) is 2.00. The van der Waals surface area contributed by atoms with Gasteiger partial charge in [-0.15, -0.1) is 0 Å². The molecule has 0 aliphatic carbocycles. The zero-order chi connectivity index (χ0) is 8.81. The van der Waals surface area contributed by atoms with Gasteiger partial charge in [-0.1, -0.05) is 11.8 Å². The number of carbonyl (C=O) groups is 1. The highest BCUT2D eigenvalue weighted by molar-refractivity contribution is 5.54. The average molecular weight is 161 g/mol. The van der Waals surface area contributed by atoms with Crippen molar-refractivity contribution in [3.05, 3.63) is 18.0 Å². The van der Waals surface area contributed by atoms with E-state index in [9.17, 15) is 4.79 Å². The molecule has 12 heavy (non-hydrogen) atoms. The molecule has 1 aromatic heterocycles. The van der Waals surface area contributed by atoms with Gasteiger partial charge >= 0.3 is 0 Å². The zero-order valence-electron chi connectivity index (χ0n) is 6.32. The Balaban J connectivity index is 2.72. The van der Waals surface area contributed by atoms with E-state index in [0.29, 0.717) is 5.56 Å². The third kappa shape index (κ3) is 2.39. The maximum Gasteiger partial charge on any atom is 0.219 e. The van der Waals surface area contributed by atoms with Gasteiger partial charge in [0.05, 0.1) is 12.0 Å². The van der Waals surface area contributed by atoms with Crippen LogP contribution in [-0.2, 0) is 4.79 Å². The monoisotopic (exact) mass is 161 g/mol. The fraction of sp³-hybridized carbons (Fsp3) is 0.125. The Labute approximate surface area is 69.8 Å². The van der Waals surface area contributed by atoms with Gasteiger partial charge in [-0.05, 0) is 0 Å². The van der Waals surface area contributed by atoms with Crippen molar-refractivity contribution in [2.45, 2.75) is 6.42 Å². The summed E-state index contributed by atoms with van der Waals surface area (Å²) in [6.45, 7) is 0. The molecule has 0 unspecified atom stereocenters. The van der Waals surface area contributed by atoms with E-state index in [4.69, 9.17) is 5.73 Å². The largest absolute Gasteiger partial charge is 0.368 e. The van der Waals surface area contributed by atoms with Crippen molar-refractivity contribution in [1.82, 2.24) is 9.97 Å². The highest BCUT2D eigenvalue weighted by atomic mass is 16.1. The fourth-order valence-electron chi connectivity index (χ4n) is 0.597. The van der Waals surface area contributed by atoms with E-state index in [1.54, 1.807) is 0 Å². The Kier molecular flexibility index (Phi) is 2.79. The summed E-state index contributed by atoms with van der Waals surface area (Å²) in [5.41, 5.74) is 5.91. The Morgan fingerprint density at radius 3 is 2.75 bits per heavy atom. The van der Waals surface area contributed by atoms with Crippen LogP contribution in [0.25, 0.3) is 0 Å². The number of anilines is 1. The quantitative estimate of drug-likeness (QED) is 0.465. The van der Waals surface area contributed by atoms with Crippen LogP contribution in [0.3, 0.4) is 0 Å². The topological polar surface area (TPSA) is 68.9 Å². The molecule has 0 aromatic carbocycles. The van der Waals surface area contributed by atoms with E-state index >= 15 is 0 Å². The van der Waals surface area contributed by atoms with Crippen LogP contribution in [-0.4, -0.2) is 16.3 Å². The summed E-state index contributed by atoms with van der Waals surface area (Å²) < 4.78 is 0. The molecule has 1 rings (SSSR count). The molecule has 0 bridgehead atoms. The first kappa shape index (κ1) is 8.21. The first-order chi connectivity index (χ1) is 5.83. The number of rotatable bonds is 1. The summed E-state index contributed by atoms with van der Waals surface area (Å²) >= 11 is 0. The van der Waals surface area contributed by atoms with Gasteiger partial charge in [-0.2, -0.15) is 0 Å². The minimum absolute atomic E-state index is 0.218. The van der Waals surface area contributed by atoms with Crippen LogP contribution in [0.2, 0.25) is 0 Å². The maximum absolute atomic E-state index is 9.90. The molecule has 0 aliphatic heterocycles. The first-order valence-electron chi connectivity index (χ1n) is 3.33. The van der Waals surface area contributed by atoms with Gasteiger partial charge in [-0.3, -0.25) is 0 Å². The SMILES string of the molecule is Nc1ncc(C#CCC=O)cn1. The molecule has 4 heteroatoms. The van der Waals surface area contributed by atoms with Gasteiger partial charge < -0.3 is 10.5 Å². The standard InChI is InChI=1S/C8H7N3O/c9-8-10-5-7(6-11-8)3-1-2-4-12/h4-6H,2H2,(H2,9,10,11). The van der Waals surface area contributed by atoms with Crippen LogP contribution in [0.1, 0.15) is 12.0 Å². The first-order valence-corrected chi connectivity index (χ1v) is 3.33. The second-order valence-electron chi connectivity index (χ2n) is 2.00. The van der Waals surface area contributed by atoms with Crippen molar-refractivity contribution in [3.63, 3.8) is 0 Å². The molecule has 0 radical (unpaired) electrons. The molecular formula is C8H7N3O. The van der Waals surface area contributed by atoms with Crippen LogP contribution in [0.4, 0.5) is 5.95 Å². The summed E-state index contributed by atoms with van der Waals surface area (Å²) in [5.74, 6) is 5.56. The Morgan fingerprint density at radius 1 is 1.50 bits per heavy atom.